The molecular weight excluding hydrogens is 332 g/mol. The SMILES string of the molecule is Cc1cc(C2(Cc3ccccc3)C(=O)c3ccccc3C2=O)cc(C)c1C. The van der Waals surface area contributed by atoms with E-state index >= 15 is 0 Å². The first-order chi connectivity index (χ1) is 12.9. The number of Topliss-reactive ketones (excluding diaryl/α,β-unsaturated/α-hetero) is 2. The Balaban J connectivity index is 1.98. The molecule has 27 heavy (non-hydrogen) atoms. The molecule has 0 bridgehead atoms. The fourth-order valence-corrected chi connectivity index (χ4v) is 4.15. The number of hydrogen-bond donors (Lipinski definition) is 0. The molecule has 0 saturated carbocycles. The van der Waals surface area contributed by atoms with Gasteiger partial charge in [-0.2, -0.15) is 0 Å². The maximum Gasteiger partial charge on any atom is 0.182 e. The molecule has 0 aromatic heterocycles. The average molecular weight is 354 g/mol. The van der Waals surface area contributed by atoms with Gasteiger partial charge in [0.1, 0.15) is 5.41 Å². The zero-order valence-corrected chi connectivity index (χ0v) is 15.9. The minimum atomic E-state index is -1.19. The first-order valence-electron chi connectivity index (χ1n) is 9.26. The lowest BCUT2D eigenvalue weighted by molar-refractivity contribution is 0.0793. The molecule has 0 radical (unpaired) electrons. The van der Waals surface area contributed by atoms with Crippen molar-refractivity contribution in [2.45, 2.75) is 32.6 Å². The maximum atomic E-state index is 13.6. The first kappa shape index (κ1) is 17.4. The Bertz CT molecular complexity index is 1000. The van der Waals surface area contributed by atoms with Crippen molar-refractivity contribution < 1.29 is 9.59 Å². The van der Waals surface area contributed by atoms with Gasteiger partial charge in [0, 0.05) is 11.1 Å². The van der Waals surface area contributed by atoms with Crippen LogP contribution in [0.25, 0.3) is 0 Å². The summed E-state index contributed by atoms with van der Waals surface area (Å²) in [6, 6.07) is 21.1. The third-order valence-corrected chi connectivity index (χ3v) is 5.92. The van der Waals surface area contributed by atoms with Crippen molar-refractivity contribution in [1.29, 1.82) is 0 Å². The molecule has 1 aliphatic carbocycles. The van der Waals surface area contributed by atoms with Crippen molar-refractivity contribution in [3.05, 3.63) is 106 Å². The molecule has 0 atom stereocenters. The Morgan fingerprint density at radius 3 is 1.70 bits per heavy atom. The van der Waals surface area contributed by atoms with Crippen LogP contribution >= 0.6 is 0 Å². The summed E-state index contributed by atoms with van der Waals surface area (Å²) < 4.78 is 0. The van der Waals surface area contributed by atoms with E-state index in [1.54, 1.807) is 12.1 Å². The summed E-state index contributed by atoms with van der Waals surface area (Å²) in [4.78, 5) is 27.2. The van der Waals surface area contributed by atoms with E-state index in [0.29, 0.717) is 17.5 Å². The molecule has 2 heteroatoms. The highest BCUT2D eigenvalue weighted by molar-refractivity contribution is 6.33. The monoisotopic (exact) mass is 354 g/mol. The molecule has 2 nitrogen and oxygen atoms in total. The Hall–Kier alpha value is -3.00. The second-order valence-corrected chi connectivity index (χ2v) is 7.51. The van der Waals surface area contributed by atoms with Crippen LogP contribution in [0.15, 0.2) is 66.7 Å². The first-order valence-corrected chi connectivity index (χ1v) is 9.26. The molecule has 0 unspecified atom stereocenters. The number of fused-ring (bicyclic) bond motifs is 1. The van der Waals surface area contributed by atoms with Crippen molar-refractivity contribution >= 4 is 11.6 Å². The molecule has 0 N–H and O–H groups in total. The lowest BCUT2D eigenvalue weighted by atomic mass is 9.70. The largest absolute Gasteiger partial charge is 0.293 e. The van der Waals surface area contributed by atoms with Crippen molar-refractivity contribution in [1.82, 2.24) is 0 Å². The third-order valence-electron chi connectivity index (χ3n) is 5.92. The van der Waals surface area contributed by atoms with Crippen LogP contribution in [-0.4, -0.2) is 11.6 Å². The Morgan fingerprint density at radius 2 is 1.19 bits per heavy atom. The smallest absolute Gasteiger partial charge is 0.182 e. The number of hydrogen-bond acceptors (Lipinski definition) is 2. The van der Waals surface area contributed by atoms with Gasteiger partial charge in [0.2, 0.25) is 0 Å². The highest BCUT2D eigenvalue weighted by Gasteiger charge is 2.54. The third kappa shape index (κ3) is 2.56. The minimum absolute atomic E-state index is 0.0883. The molecule has 0 saturated heterocycles. The number of carbonyl (C=O) groups is 2. The van der Waals surface area contributed by atoms with Crippen molar-refractivity contribution in [2.75, 3.05) is 0 Å². The number of ketones is 2. The zero-order chi connectivity index (χ0) is 19.2. The number of rotatable bonds is 3. The second-order valence-electron chi connectivity index (χ2n) is 7.51. The molecule has 4 rings (SSSR count). The van der Waals surface area contributed by atoms with E-state index < -0.39 is 5.41 Å². The normalized spacial score (nSPS) is 15.1. The molecule has 3 aromatic rings. The summed E-state index contributed by atoms with van der Waals surface area (Å²) in [7, 11) is 0. The second kappa shape index (κ2) is 6.31. The average Bonchev–Trinajstić information content (AvgIpc) is 2.89. The van der Waals surface area contributed by atoms with Crippen LogP contribution in [0.3, 0.4) is 0 Å². The van der Waals surface area contributed by atoms with Crippen molar-refractivity contribution in [3.63, 3.8) is 0 Å². The summed E-state index contributed by atoms with van der Waals surface area (Å²) >= 11 is 0. The van der Waals surface area contributed by atoms with Gasteiger partial charge in [-0.05, 0) is 55.0 Å². The maximum absolute atomic E-state index is 13.6. The van der Waals surface area contributed by atoms with Gasteiger partial charge >= 0.3 is 0 Å². The van der Waals surface area contributed by atoms with Crippen LogP contribution in [0.2, 0.25) is 0 Å². The quantitative estimate of drug-likeness (QED) is 0.608. The van der Waals surface area contributed by atoms with E-state index in [0.717, 1.165) is 22.3 Å². The summed E-state index contributed by atoms with van der Waals surface area (Å²) in [5.74, 6) is -0.177. The lowest BCUT2D eigenvalue weighted by Crippen LogP contribution is -2.41. The summed E-state index contributed by atoms with van der Waals surface area (Å²) in [5.41, 5.74) is 5.09. The summed E-state index contributed by atoms with van der Waals surface area (Å²) in [5, 5.41) is 0. The van der Waals surface area contributed by atoms with Gasteiger partial charge in [-0.25, -0.2) is 0 Å². The molecule has 0 spiro atoms. The van der Waals surface area contributed by atoms with E-state index in [4.69, 9.17) is 0 Å². The Labute approximate surface area is 159 Å². The van der Waals surface area contributed by atoms with Gasteiger partial charge in [0.15, 0.2) is 11.6 Å². The van der Waals surface area contributed by atoms with Crippen LogP contribution in [0.4, 0.5) is 0 Å². The number of benzene rings is 3. The zero-order valence-electron chi connectivity index (χ0n) is 15.9. The van der Waals surface area contributed by atoms with Crippen LogP contribution in [0, 0.1) is 20.8 Å². The van der Waals surface area contributed by atoms with Crippen LogP contribution in [0.5, 0.6) is 0 Å². The van der Waals surface area contributed by atoms with Gasteiger partial charge < -0.3 is 0 Å². The molecule has 0 amide bonds. The van der Waals surface area contributed by atoms with E-state index in [2.05, 4.69) is 6.92 Å². The van der Waals surface area contributed by atoms with Gasteiger partial charge in [0.25, 0.3) is 0 Å². The van der Waals surface area contributed by atoms with E-state index in [9.17, 15) is 9.59 Å². The summed E-state index contributed by atoms with van der Waals surface area (Å²) in [6.07, 6.45) is 0.377. The molecule has 134 valence electrons. The Kier molecular flexibility index (Phi) is 4.07. The topological polar surface area (TPSA) is 34.1 Å². The number of aryl methyl sites for hydroxylation is 2. The van der Waals surface area contributed by atoms with E-state index in [1.807, 2.05) is 68.4 Å². The summed E-state index contributed by atoms with van der Waals surface area (Å²) in [6.45, 7) is 6.16. The van der Waals surface area contributed by atoms with Crippen LogP contribution in [-0.2, 0) is 11.8 Å². The highest BCUT2D eigenvalue weighted by atomic mass is 16.2. The fourth-order valence-electron chi connectivity index (χ4n) is 4.15. The standard InChI is InChI=1S/C25H22O2/c1-16-13-20(14-17(2)18(16)3)25(15-19-9-5-4-6-10-19)23(26)21-11-7-8-12-22(21)24(25)27/h4-14H,15H2,1-3H3. The lowest BCUT2D eigenvalue weighted by Gasteiger charge is -2.28. The molecule has 1 aliphatic rings. The predicted octanol–water partition coefficient (Wildman–Crippen LogP) is 5.17. The van der Waals surface area contributed by atoms with Crippen molar-refractivity contribution in [3.8, 4) is 0 Å². The van der Waals surface area contributed by atoms with E-state index in [1.165, 1.54) is 5.56 Å². The minimum Gasteiger partial charge on any atom is -0.293 e. The molecular formula is C25H22O2. The molecule has 0 aliphatic heterocycles. The molecule has 0 fully saturated rings. The number of carbonyl (C=O) groups excluding carboxylic acids is 2. The van der Waals surface area contributed by atoms with Gasteiger partial charge in [0.05, 0.1) is 0 Å². The van der Waals surface area contributed by atoms with Gasteiger partial charge in [-0.15, -0.1) is 0 Å². The van der Waals surface area contributed by atoms with Gasteiger partial charge in [-0.1, -0.05) is 66.7 Å². The van der Waals surface area contributed by atoms with Crippen LogP contribution in [0.1, 0.15) is 48.5 Å². The van der Waals surface area contributed by atoms with Crippen LogP contribution < -0.4 is 0 Å². The molecule has 3 aromatic carbocycles. The highest BCUT2D eigenvalue weighted by Crippen LogP contribution is 2.43. The van der Waals surface area contributed by atoms with E-state index in [-0.39, 0.29) is 11.6 Å². The Morgan fingerprint density at radius 1 is 0.704 bits per heavy atom. The molecule has 0 heterocycles. The fraction of sp³-hybridized carbons (Fsp3) is 0.200. The van der Waals surface area contributed by atoms with Crippen molar-refractivity contribution in [2.24, 2.45) is 0 Å². The van der Waals surface area contributed by atoms with Gasteiger partial charge in [-0.3, -0.25) is 9.59 Å². The predicted molar refractivity (Wildman–Crippen MR) is 108 cm³/mol.